The topological polar surface area (TPSA) is 59.6 Å². The van der Waals surface area contributed by atoms with E-state index in [9.17, 15) is 4.79 Å². The Morgan fingerprint density at radius 1 is 0.962 bits per heavy atom. The van der Waals surface area contributed by atoms with Gasteiger partial charge in [0.2, 0.25) is 5.91 Å². The van der Waals surface area contributed by atoms with Crippen LogP contribution in [0, 0.1) is 5.41 Å². The van der Waals surface area contributed by atoms with E-state index in [4.69, 9.17) is 9.47 Å². The first-order chi connectivity index (χ1) is 12.0. The molecule has 0 spiro atoms. The Labute approximate surface area is 162 Å². The van der Waals surface area contributed by atoms with Crippen LogP contribution in [0.15, 0.2) is 0 Å². The normalized spacial score (nSPS) is 14.9. The van der Waals surface area contributed by atoms with Gasteiger partial charge in [0.1, 0.15) is 0 Å². The van der Waals surface area contributed by atoms with Gasteiger partial charge in [-0.15, -0.1) is 0 Å². The van der Waals surface area contributed by atoms with Gasteiger partial charge in [-0.3, -0.25) is 4.79 Å². The van der Waals surface area contributed by atoms with Gasteiger partial charge in [0.05, 0.1) is 12.2 Å². The summed E-state index contributed by atoms with van der Waals surface area (Å²) in [7, 11) is 1.97. The summed E-state index contributed by atoms with van der Waals surface area (Å²) < 4.78 is 11.6. The molecule has 0 aromatic carbocycles. The van der Waals surface area contributed by atoms with Crippen molar-refractivity contribution in [3.8, 4) is 0 Å². The molecule has 0 aromatic heterocycles. The van der Waals surface area contributed by atoms with Crippen LogP contribution in [0.4, 0.5) is 0 Å². The average molecular weight is 373 g/mol. The fraction of sp³-hybridized carbons (Fsp3) is 0.952. The van der Waals surface area contributed by atoms with Crippen molar-refractivity contribution in [3.63, 3.8) is 0 Å². The van der Waals surface area contributed by atoms with Crippen molar-refractivity contribution < 1.29 is 14.3 Å². The molecule has 0 aliphatic heterocycles. The van der Waals surface area contributed by atoms with Gasteiger partial charge in [-0.25, -0.2) is 0 Å². The SMILES string of the molecule is CCCC(C)OCCC(C)(C)C(=O)NCCC(C)OCCC(C)(C)NC. The minimum absolute atomic E-state index is 0.0905. The predicted octanol–water partition coefficient (Wildman–Crippen LogP) is 3.91. The smallest absolute Gasteiger partial charge is 0.225 e. The summed E-state index contributed by atoms with van der Waals surface area (Å²) in [6.45, 7) is 16.6. The largest absolute Gasteiger partial charge is 0.378 e. The Balaban J connectivity index is 3.97. The zero-order valence-corrected chi connectivity index (χ0v) is 18.5. The Hall–Kier alpha value is -0.650. The summed E-state index contributed by atoms with van der Waals surface area (Å²) in [5, 5.41) is 6.32. The number of rotatable bonds is 15. The summed E-state index contributed by atoms with van der Waals surface area (Å²) in [6.07, 6.45) is 5.12. The standard InChI is InChI=1S/C21H44N2O3/c1-9-10-17(2)25-15-12-20(4,5)19(24)23-14-11-18(3)26-16-13-21(6,7)22-8/h17-18,22H,9-16H2,1-8H3,(H,23,24). The fourth-order valence-corrected chi connectivity index (χ4v) is 2.47. The molecule has 0 radical (unpaired) electrons. The highest BCUT2D eigenvalue weighted by Crippen LogP contribution is 2.21. The number of hydrogen-bond acceptors (Lipinski definition) is 4. The van der Waals surface area contributed by atoms with Gasteiger partial charge in [-0.1, -0.05) is 27.2 Å². The van der Waals surface area contributed by atoms with Crippen molar-refractivity contribution in [1.29, 1.82) is 0 Å². The third kappa shape index (κ3) is 11.9. The van der Waals surface area contributed by atoms with Gasteiger partial charge in [-0.2, -0.15) is 0 Å². The van der Waals surface area contributed by atoms with E-state index in [2.05, 4.69) is 45.3 Å². The Bertz CT molecular complexity index is 383. The molecule has 0 saturated heterocycles. The van der Waals surface area contributed by atoms with E-state index in [1.54, 1.807) is 0 Å². The molecule has 1 amide bonds. The fourth-order valence-electron chi connectivity index (χ4n) is 2.47. The molecule has 0 saturated carbocycles. The van der Waals surface area contributed by atoms with E-state index < -0.39 is 5.41 Å². The van der Waals surface area contributed by atoms with Crippen LogP contribution in [0.1, 0.15) is 80.6 Å². The van der Waals surface area contributed by atoms with Gasteiger partial charge in [0.25, 0.3) is 0 Å². The minimum Gasteiger partial charge on any atom is -0.378 e. The van der Waals surface area contributed by atoms with Crippen molar-refractivity contribution in [2.24, 2.45) is 5.41 Å². The third-order valence-corrected chi connectivity index (χ3v) is 5.08. The van der Waals surface area contributed by atoms with E-state index in [0.29, 0.717) is 13.2 Å². The van der Waals surface area contributed by atoms with Crippen LogP contribution in [0.2, 0.25) is 0 Å². The van der Waals surface area contributed by atoms with Crippen LogP contribution in [0.3, 0.4) is 0 Å². The summed E-state index contributed by atoms with van der Waals surface area (Å²) in [6, 6.07) is 0. The first-order valence-electron chi connectivity index (χ1n) is 10.2. The monoisotopic (exact) mass is 372 g/mol. The minimum atomic E-state index is -0.410. The zero-order chi connectivity index (χ0) is 20.2. The molecule has 2 atom stereocenters. The Kier molecular flexibility index (Phi) is 12.4. The lowest BCUT2D eigenvalue weighted by Gasteiger charge is -2.26. The van der Waals surface area contributed by atoms with Crippen molar-refractivity contribution in [2.75, 3.05) is 26.8 Å². The Morgan fingerprint density at radius 3 is 2.04 bits per heavy atom. The maximum absolute atomic E-state index is 12.4. The molecule has 5 heteroatoms. The summed E-state index contributed by atoms with van der Waals surface area (Å²) >= 11 is 0. The van der Waals surface area contributed by atoms with Gasteiger partial charge in [-0.05, 0) is 60.4 Å². The molecule has 2 unspecified atom stereocenters. The van der Waals surface area contributed by atoms with Crippen molar-refractivity contribution in [3.05, 3.63) is 0 Å². The van der Waals surface area contributed by atoms with E-state index in [1.165, 1.54) is 0 Å². The summed E-state index contributed by atoms with van der Waals surface area (Å²) in [4.78, 5) is 12.4. The van der Waals surface area contributed by atoms with Crippen LogP contribution >= 0.6 is 0 Å². The first kappa shape index (κ1) is 25.4. The van der Waals surface area contributed by atoms with Crippen LogP contribution in [-0.2, 0) is 14.3 Å². The highest BCUT2D eigenvalue weighted by Gasteiger charge is 2.27. The van der Waals surface area contributed by atoms with Crippen LogP contribution in [0.5, 0.6) is 0 Å². The average Bonchev–Trinajstić information content (AvgIpc) is 2.54. The highest BCUT2D eigenvalue weighted by atomic mass is 16.5. The molecule has 0 aromatic rings. The van der Waals surface area contributed by atoms with Gasteiger partial charge < -0.3 is 20.1 Å². The van der Waals surface area contributed by atoms with Gasteiger partial charge in [0.15, 0.2) is 0 Å². The lowest BCUT2D eigenvalue weighted by atomic mass is 9.88. The quantitative estimate of drug-likeness (QED) is 0.458. The second kappa shape index (κ2) is 12.7. The van der Waals surface area contributed by atoms with E-state index in [0.717, 1.165) is 38.7 Å². The number of carbonyl (C=O) groups excluding carboxylic acids is 1. The molecule has 0 bridgehead atoms. The van der Waals surface area contributed by atoms with E-state index in [-0.39, 0.29) is 23.7 Å². The lowest BCUT2D eigenvalue weighted by molar-refractivity contribution is -0.130. The molecule has 26 heavy (non-hydrogen) atoms. The second-order valence-corrected chi connectivity index (χ2v) is 8.71. The number of hydrogen-bond donors (Lipinski definition) is 2. The third-order valence-electron chi connectivity index (χ3n) is 5.08. The highest BCUT2D eigenvalue weighted by molar-refractivity contribution is 5.81. The van der Waals surface area contributed by atoms with Crippen molar-refractivity contribution in [1.82, 2.24) is 10.6 Å². The van der Waals surface area contributed by atoms with E-state index >= 15 is 0 Å². The second-order valence-electron chi connectivity index (χ2n) is 8.71. The van der Waals surface area contributed by atoms with Crippen molar-refractivity contribution >= 4 is 5.91 Å². The maximum atomic E-state index is 12.4. The summed E-state index contributed by atoms with van der Waals surface area (Å²) in [5.41, 5.74) is -0.318. The molecular formula is C21H44N2O3. The van der Waals surface area contributed by atoms with Crippen LogP contribution in [-0.4, -0.2) is 50.5 Å². The summed E-state index contributed by atoms with van der Waals surface area (Å²) in [5.74, 6) is 0.0905. The Morgan fingerprint density at radius 2 is 1.50 bits per heavy atom. The molecule has 0 aliphatic rings. The number of amides is 1. The number of nitrogens with one attached hydrogen (secondary N) is 2. The predicted molar refractivity (Wildman–Crippen MR) is 110 cm³/mol. The zero-order valence-electron chi connectivity index (χ0n) is 18.5. The number of carbonyl (C=O) groups is 1. The molecule has 0 rings (SSSR count). The van der Waals surface area contributed by atoms with Crippen LogP contribution < -0.4 is 10.6 Å². The molecule has 2 N–H and O–H groups in total. The molecular weight excluding hydrogens is 328 g/mol. The molecule has 0 aliphatic carbocycles. The maximum Gasteiger partial charge on any atom is 0.225 e. The first-order valence-corrected chi connectivity index (χ1v) is 10.2. The molecule has 156 valence electrons. The van der Waals surface area contributed by atoms with E-state index in [1.807, 2.05) is 20.9 Å². The van der Waals surface area contributed by atoms with Crippen LogP contribution in [0.25, 0.3) is 0 Å². The lowest BCUT2D eigenvalue weighted by Crippen LogP contribution is -2.39. The van der Waals surface area contributed by atoms with Gasteiger partial charge in [0, 0.05) is 30.7 Å². The van der Waals surface area contributed by atoms with Crippen molar-refractivity contribution in [2.45, 2.75) is 98.3 Å². The molecule has 0 heterocycles. The van der Waals surface area contributed by atoms with Gasteiger partial charge >= 0.3 is 0 Å². The number of ether oxygens (including phenoxy) is 2. The molecule has 0 fully saturated rings. The molecule has 5 nitrogen and oxygen atoms in total.